The summed E-state index contributed by atoms with van der Waals surface area (Å²) in [5.41, 5.74) is 0. The van der Waals surface area contributed by atoms with Crippen molar-refractivity contribution in [3.63, 3.8) is 0 Å². The highest BCUT2D eigenvalue weighted by Gasteiger charge is 1.94. The van der Waals surface area contributed by atoms with E-state index in [0.717, 1.165) is 16.4 Å². The van der Waals surface area contributed by atoms with Gasteiger partial charge in [0.05, 0.1) is 5.02 Å². The van der Waals surface area contributed by atoms with Crippen LogP contribution in [-0.4, -0.2) is 13.6 Å². The topological polar surface area (TPSA) is 12.0 Å². The molecule has 0 saturated heterocycles. The van der Waals surface area contributed by atoms with E-state index in [1.54, 1.807) is 11.3 Å². The average Bonchev–Trinajstić information content (AvgIpc) is 2.37. The second-order valence-electron chi connectivity index (χ2n) is 2.09. The Balaban J connectivity index is 2.56. The average molecular weight is 188 g/mol. The van der Waals surface area contributed by atoms with Crippen LogP contribution in [0.25, 0.3) is 6.08 Å². The maximum atomic E-state index is 5.86. The first-order valence-corrected chi connectivity index (χ1v) is 4.64. The number of rotatable bonds is 3. The molecule has 0 aliphatic rings. The van der Waals surface area contributed by atoms with Gasteiger partial charge in [0.15, 0.2) is 0 Å². The fourth-order valence-electron chi connectivity index (χ4n) is 0.708. The number of hydrogen-bond donors (Lipinski definition) is 1. The summed E-state index contributed by atoms with van der Waals surface area (Å²) in [7, 11) is 1.92. The van der Waals surface area contributed by atoms with Crippen molar-refractivity contribution >= 4 is 29.0 Å². The minimum atomic E-state index is 0.836. The molecule has 0 unspecified atom stereocenters. The SMILES string of the molecule is CNC/C=C/c1sccc1Cl. The van der Waals surface area contributed by atoms with Crippen LogP contribution in [0, 0.1) is 0 Å². The predicted molar refractivity (Wildman–Crippen MR) is 52.3 cm³/mol. The molecule has 0 fully saturated rings. The van der Waals surface area contributed by atoms with Crippen molar-refractivity contribution in [3.05, 3.63) is 27.4 Å². The van der Waals surface area contributed by atoms with E-state index in [1.165, 1.54) is 0 Å². The molecule has 0 aliphatic heterocycles. The van der Waals surface area contributed by atoms with Gasteiger partial charge in [-0.15, -0.1) is 11.3 Å². The van der Waals surface area contributed by atoms with Gasteiger partial charge in [-0.3, -0.25) is 0 Å². The van der Waals surface area contributed by atoms with Gasteiger partial charge in [0.1, 0.15) is 0 Å². The largest absolute Gasteiger partial charge is 0.316 e. The number of thiophene rings is 1. The third-order valence-electron chi connectivity index (χ3n) is 1.24. The summed E-state index contributed by atoms with van der Waals surface area (Å²) < 4.78 is 0. The fraction of sp³-hybridized carbons (Fsp3) is 0.250. The van der Waals surface area contributed by atoms with E-state index in [-0.39, 0.29) is 0 Å². The van der Waals surface area contributed by atoms with Crippen molar-refractivity contribution < 1.29 is 0 Å². The Kier molecular flexibility index (Phi) is 3.63. The molecule has 1 nitrogen and oxygen atoms in total. The molecule has 0 aliphatic carbocycles. The van der Waals surface area contributed by atoms with Crippen LogP contribution in [0.5, 0.6) is 0 Å². The summed E-state index contributed by atoms with van der Waals surface area (Å²) in [5.74, 6) is 0. The van der Waals surface area contributed by atoms with Crippen LogP contribution in [0.15, 0.2) is 17.5 Å². The Hall–Kier alpha value is -0.310. The summed E-state index contributed by atoms with van der Waals surface area (Å²) in [6.45, 7) is 0.883. The Labute approximate surface area is 75.7 Å². The van der Waals surface area contributed by atoms with Crippen LogP contribution in [0.1, 0.15) is 4.88 Å². The molecule has 1 rings (SSSR count). The van der Waals surface area contributed by atoms with Crippen LogP contribution in [0.4, 0.5) is 0 Å². The van der Waals surface area contributed by atoms with Crippen molar-refractivity contribution in [2.75, 3.05) is 13.6 Å². The third kappa shape index (κ3) is 2.66. The molecule has 0 radical (unpaired) electrons. The number of likely N-dealkylation sites (N-methyl/N-ethyl adjacent to an activating group) is 1. The zero-order chi connectivity index (χ0) is 8.10. The van der Waals surface area contributed by atoms with Crippen LogP contribution >= 0.6 is 22.9 Å². The molecule has 1 aromatic heterocycles. The summed E-state index contributed by atoms with van der Waals surface area (Å²) in [4.78, 5) is 1.13. The van der Waals surface area contributed by atoms with E-state index < -0.39 is 0 Å². The minimum absolute atomic E-state index is 0.836. The second kappa shape index (κ2) is 4.54. The van der Waals surface area contributed by atoms with Gasteiger partial charge >= 0.3 is 0 Å². The van der Waals surface area contributed by atoms with Crippen LogP contribution in [0.2, 0.25) is 5.02 Å². The van der Waals surface area contributed by atoms with Crippen molar-refractivity contribution in [2.45, 2.75) is 0 Å². The molecule has 60 valence electrons. The quantitative estimate of drug-likeness (QED) is 0.767. The molecule has 0 aromatic carbocycles. The molecule has 0 bridgehead atoms. The minimum Gasteiger partial charge on any atom is -0.316 e. The smallest absolute Gasteiger partial charge is 0.0586 e. The maximum absolute atomic E-state index is 5.86. The Bertz CT molecular complexity index is 242. The molecule has 1 N–H and O–H groups in total. The molecular weight excluding hydrogens is 178 g/mol. The molecule has 0 atom stereocenters. The molecule has 0 spiro atoms. The fourth-order valence-corrected chi connectivity index (χ4v) is 1.75. The van der Waals surface area contributed by atoms with Crippen molar-refractivity contribution in [1.82, 2.24) is 5.32 Å². The van der Waals surface area contributed by atoms with Gasteiger partial charge in [0, 0.05) is 11.4 Å². The van der Waals surface area contributed by atoms with E-state index in [1.807, 2.05) is 24.6 Å². The first-order valence-electron chi connectivity index (χ1n) is 3.38. The lowest BCUT2D eigenvalue weighted by atomic mass is 10.4. The highest BCUT2D eigenvalue weighted by Crippen LogP contribution is 2.22. The molecule has 1 heterocycles. The second-order valence-corrected chi connectivity index (χ2v) is 3.45. The maximum Gasteiger partial charge on any atom is 0.0586 e. The highest BCUT2D eigenvalue weighted by atomic mass is 35.5. The van der Waals surface area contributed by atoms with Crippen LogP contribution < -0.4 is 5.32 Å². The monoisotopic (exact) mass is 187 g/mol. The summed E-state index contributed by atoms with van der Waals surface area (Å²) in [6, 6.07) is 1.91. The predicted octanol–water partition coefficient (Wildman–Crippen LogP) is 2.63. The Morgan fingerprint density at radius 1 is 1.73 bits per heavy atom. The molecule has 0 amide bonds. The van der Waals surface area contributed by atoms with Crippen LogP contribution in [-0.2, 0) is 0 Å². The van der Waals surface area contributed by atoms with Gasteiger partial charge in [-0.1, -0.05) is 17.7 Å². The lowest BCUT2D eigenvalue weighted by Crippen LogP contribution is -2.03. The van der Waals surface area contributed by atoms with E-state index >= 15 is 0 Å². The summed E-state index contributed by atoms with van der Waals surface area (Å²) >= 11 is 7.51. The lowest BCUT2D eigenvalue weighted by molar-refractivity contribution is 0.922. The molecule has 0 saturated carbocycles. The van der Waals surface area contributed by atoms with E-state index in [0.29, 0.717) is 0 Å². The van der Waals surface area contributed by atoms with Gasteiger partial charge in [0.2, 0.25) is 0 Å². The molecule has 3 heteroatoms. The van der Waals surface area contributed by atoms with E-state index in [4.69, 9.17) is 11.6 Å². The summed E-state index contributed by atoms with van der Waals surface area (Å²) in [5, 5.41) is 5.85. The zero-order valence-electron chi connectivity index (χ0n) is 6.30. The standard InChI is InChI=1S/C8H10ClNS/c1-10-5-2-3-8-7(9)4-6-11-8/h2-4,6,10H,5H2,1H3/b3-2+. The molecular formula is C8H10ClNS. The Morgan fingerprint density at radius 2 is 2.55 bits per heavy atom. The molecule has 11 heavy (non-hydrogen) atoms. The first kappa shape index (κ1) is 8.78. The van der Waals surface area contributed by atoms with Crippen LogP contribution in [0.3, 0.4) is 0 Å². The van der Waals surface area contributed by atoms with Gasteiger partial charge in [-0.05, 0) is 24.6 Å². The highest BCUT2D eigenvalue weighted by molar-refractivity contribution is 7.11. The number of nitrogens with one attached hydrogen (secondary N) is 1. The third-order valence-corrected chi connectivity index (χ3v) is 2.56. The van der Waals surface area contributed by atoms with Gasteiger partial charge in [-0.25, -0.2) is 0 Å². The summed E-state index contributed by atoms with van der Waals surface area (Å²) in [6.07, 6.45) is 4.08. The number of hydrogen-bond acceptors (Lipinski definition) is 2. The van der Waals surface area contributed by atoms with Gasteiger partial charge < -0.3 is 5.32 Å². The molecule has 1 aromatic rings. The zero-order valence-corrected chi connectivity index (χ0v) is 7.88. The lowest BCUT2D eigenvalue weighted by Gasteiger charge is -1.88. The Morgan fingerprint density at radius 3 is 3.09 bits per heavy atom. The van der Waals surface area contributed by atoms with E-state index in [9.17, 15) is 0 Å². The van der Waals surface area contributed by atoms with Gasteiger partial charge in [-0.2, -0.15) is 0 Å². The van der Waals surface area contributed by atoms with Crippen molar-refractivity contribution in [3.8, 4) is 0 Å². The number of halogens is 1. The normalized spacial score (nSPS) is 11.1. The van der Waals surface area contributed by atoms with Gasteiger partial charge in [0.25, 0.3) is 0 Å². The van der Waals surface area contributed by atoms with Crippen molar-refractivity contribution in [2.24, 2.45) is 0 Å². The van der Waals surface area contributed by atoms with Crippen molar-refractivity contribution in [1.29, 1.82) is 0 Å². The van der Waals surface area contributed by atoms with E-state index in [2.05, 4.69) is 11.4 Å². The first-order chi connectivity index (χ1) is 5.34.